The molecule has 188 valence electrons. The zero-order valence-corrected chi connectivity index (χ0v) is 20.3. The molecule has 0 aromatic heterocycles. The number of rotatable bonds is 8. The van der Waals surface area contributed by atoms with Gasteiger partial charge in [-0.05, 0) is 31.0 Å². The molecule has 0 atom stereocenters. The number of methoxy groups -OCH3 is 2. The molecule has 0 aliphatic carbocycles. The fourth-order valence-corrected chi connectivity index (χ4v) is 4.55. The second-order valence-corrected chi connectivity index (χ2v) is 9.41. The smallest absolute Gasteiger partial charge is 0.411 e. The number of aliphatic hydroxyl groups is 1. The number of hydrogen-bond acceptors (Lipinski definition) is 8. The minimum absolute atomic E-state index is 0.143. The Kier molecular flexibility index (Phi) is 10.5. The maximum atomic E-state index is 13.0. The van der Waals surface area contributed by atoms with Crippen LogP contribution in [-0.4, -0.2) is 77.9 Å². The molecule has 1 saturated heterocycles. The number of aliphatic hydroxyl groups excluding tert-OH is 1. The lowest BCUT2D eigenvalue weighted by Gasteiger charge is -2.31. The molecule has 10 nitrogen and oxygen atoms in total. The Balaban J connectivity index is 0.00000199. The zero-order chi connectivity index (χ0) is 25.1. The molecule has 11 heteroatoms. The summed E-state index contributed by atoms with van der Waals surface area (Å²) in [6.45, 7) is 1.08. The molecule has 0 radical (unpaired) electrons. The normalized spacial score (nSPS) is 13.4. The van der Waals surface area contributed by atoms with Crippen LogP contribution in [0.2, 0.25) is 0 Å². The molecule has 1 heterocycles. The minimum Gasteiger partial charge on any atom is -0.493 e. The van der Waals surface area contributed by atoms with Crippen molar-refractivity contribution in [2.24, 2.45) is 0 Å². The Morgan fingerprint density at radius 2 is 1.59 bits per heavy atom. The summed E-state index contributed by atoms with van der Waals surface area (Å²) in [6.07, 6.45) is 1.03. The number of amides is 2. The Labute approximate surface area is 200 Å². The Morgan fingerprint density at radius 3 is 2.18 bits per heavy atom. The van der Waals surface area contributed by atoms with Crippen molar-refractivity contribution in [2.45, 2.75) is 17.7 Å². The van der Waals surface area contributed by atoms with E-state index >= 15 is 0 Å². The number of benzene rings is 2. The highest BCUT2D eigenvalue weighted by Gasteiger charge is 2.25. The number of anilines is 1. The second kappa shape index (κ2) is 13.0. The first-order chi connectivity index (χ1) is 16.4. The molecule has 1 fully saturated rings. The van der Waals surface area contributed by atoms with E-state index in [9.17, 15) is 18.7 Å². The van der Waals surface area contributed by atoms with Gasteiger partial charge in [0, 0.05) is 26.3 Å². The van der Waals surface area contributed by atoms with E-state index in [2.05, 4.69) is 5.32 Å². The molecule has 1 aliphatic rings. The van der Waals surface area contributed by atoms with E-state index in [0.29, 0.717) is 29.5 Å². The van der Waals surface area contributed by atoms with Crippen LogP contribution in [0.1, 0.15) is 23.2 Å². The summed E-state index contributed by atoms with van der Waals surface area (Å²) in [7, 11) is 0.838. The summed E-state index contributed by atoms with van der Waals surface area (Å²) in [6, 6.07) is 11.4. The van der Waals surface area contributed by atoms with Crippen molar-refractivity contribution in [3.63, 3.8) is 0 Å². The third-order valence-corrected chi connectivity index (χ3v) is 6.87. The quantitative estimate of drug-likeness (QED) is 0.432. The lowest BCUT2D eigenvalue weighted by molar-refractivity contribution is 0.0793. The Bertz CT molecular complexity index is 949. The average molecular weight is 497 g/mol. The fourth-order valence-electron chi connectivity index (χ4n) is 3.40. The summed E-state index contributed by atoms with van der Waals surface area (Å²) in [4.78, 5) is 27.5. The number of likely N-dealkylation sites (tertiary alicyclic amines) is 1. The molecule has 2 aromatic carbocycles. The van der Waals surface area contributed by atoms with Crippen molar-refractivity contribution in [1.29, 1.82) is 0 Å². The monoisotopic (exact) mass is 496 g/mol. The second-order valence-electron chi connectivity index (χ2n) is 7.20. The predicted molar refractivity (Wildman–Crippen MR) is 130 cm³/mol. The predicted octanol–water partition coefficient (Wildman–Crippen LogP) is 3.91. The van der Waals surface area contributed by atoms with Crippen LogP contribution in [0.15, 0.2) is 47.4 Å². The van der Waals surface area contributed by atoms with Crippen LogP contribution in [0.25, 0.3) is 0 Å². The van der Waals surface area contributed by atoms with Gasteiger partial charge in [-0.15, -0.1) is 0 Å². The molecule has 4 N–H and O–H groups in total. The highest BCUT2D eigenvalue weighted by molar-refractivity contribution is 8.24. The molecule has 3 rings (SSSR count). The van der Waals surface area contributed by atoms with Gasteiger partial charge < -0.3 is 24.2 Å². The average Bonchev–Trinajstić information content (AvgIpc) is 3.40. The van der Waals surface area contributed by atoms with Crippen LogP contribution in [0.3, 0.4) is 0 Å². The lowest BCUT2D eigenvalue weighted by atomic mass is 10.1. The highest BCUT2D eigenvalue weighted by Crippen LogP contribution is 2.47. The van der Waals surface area contributed by atoms with Crippen molar-refractivity contribution in [1.82, 2.24) is 4.90 Å². The molecule has 0 spiro atoms. The number of hydrogen-bond donors (Lipinski definition) is 4. The van der Waals surface area contributed by atoms with E-state index in [0.717, 1.165) is 20.0 Å². The van der Waals surface area contributed by atoms with E-state index in [1.54, 1.807) is 35.2 Å². The number of nitrogens with zero attached hydrogens (tertiary/aromatic N) is 1. The van der Waals surface area contributed by atoms with E-state index in [1.165, 1.54) is 26.4 Å². The minimum atomic E-state index is -3.08. The van der Waals surface area contributed by atoms with Gasteiger partial charge in [0.1, 0.15) is 6.61 Å². The largest absolute Gasteiger partial charge is 0.493 e. The summed E-state index contributed by atoms with van der Waals surface area (Å²) in [5, 5.41) is 9.57. The summed E-state index contributed by atoms with van der Waals surface area (Å²) >= 11 is 0. The van der Waals surface area contributed by atoms with Crippen molar-refractivity contribution in [2.75, 3.05) is 52.1 Å². The van der Waals surface area contributed by atoms with E-state index in [1.807, 2.05) is 0 Å². The van der Waals surface area contributed by atoms with Crippen molar-refractivity contribution in [3.05, 3.63) is 48.0 Å². The highest BCUT2D eigenvalue weighted by atomic mass is 32.3. The van der Waals surface area contributed by atoms with Gasteiger partial charge >= 0.3 is 6.09 Å². The van der Waals surface area contributed by atoms with Gasteiger partial charge in [0.15, 0.2) is 11.5 Å². The van der Waals surface area contributed by atoms with Gasteiger partial charge in [0.2, 0.25) is 0 Å². The summed E-state index contributed by atoms with van der Waals surface area (Å²) in [5.74, 6) is 0.345. The maximum Gasteiger partial charge on any atom is 0.411 e. The number of carbonyl (C=O) groups excluding carboxylic acids is 2. The molecule has 0 unspecified atom stereocenters. The van der Waals surface area contributed by atoms with Gasteiger partial charge in [-0.2, -0.15) is 10.6 Å². The molecule has 34 heavy (non-hydrogen) atoms. The summed E-state index contributed by atoms with van der Waals surface area (Å²) < 4.78 is 36.3. The van der Waals surface area contributed by atoms with E-state index < -0.39 is 16.7 Å². The molecular formula is C23H32N2O8S. The van der Waals surface area contributed by atoms with Crippen molar-refractivity contribution >= 4 is 28.3 Å². The van der Waals surface area contributed by atoms with Crippen LogP contribution < -0.4 is 14.8 Å². The molecule has 0 bridgehead atoms. The van der Waals surface area contributed by atoms with Crippen LogP contribution >= 0.6 is 10.6 Å². The number of ether oxygens (including phenoxy) is 3. The first kappa shape index (κ1) is 27.3. The summed E-state index contributed by atoms with van der Waals surface area (Å²) in [5.41, 5.74) is 0.481. The SMILES string of the molecule is CO.COc1cc(NC(=O)OCCS(O)(O)c2ccccc2)c(C(=O)N2CCCC2)cc1OC. The van der Waals surface area contributed by atoms with Gasteiger partial charge in [-0.3, -0.25) is 19.2 Å². The molecule has 0 saturated carbocycles. The number of nitrogens with one attached hydrogen (secondary N) is 1. The molecule has 2 aromatic rings. The van der Waals surface area contributed by atoms with E-state index in [4.69, 9.17) is 19.3 Å². The van der Waals surface area contributed by atoms with E-state index in [-0.39, 0.29) is 29.5 Å². The lowest BCUT2D eigenvalue weighted by Crippen LogP contribution is -2.29. The van der Waals surface area contributed by atoms with Crippen LogP contribution in [-0.2, 0) is 4.74 Å². The number of carbonyl (C=O) groups is 2. The van der Waals surface area contributed by atoms with Gasteiger partial charge in [-0.1, -0.05) is 18.2 Å². The maximum absolute atomic E-state index is 13.0. The topological polar surface area (TPSA) is 138 Å². The molecule has 1 aliphatic heterocycles. The first-order valence-corrected chi connectivity index (χ1v) is 12.3. The molecular weight excluding hydrogens is 464 g/mol. The Hall–Kier alpha value is -2.99. The van der Waals surface area contributed by atoms with Crippen molar-refractivity contribution < 1.29 is 38.0 Å². The van der Waals surface area contributed by atoms with Crippen LogP contribution in [0, 0.1) is 0 Å². The van der Waals surface area contributed by atoms with Crippen LogP contribution in [0.4, 0.5) is 10.5 Å². The molecule has 2 amide bonds. The third-order valence-electron chi connectivity index (χ3n) is 5.11. The van der Waals surface area contributed by atoms with Gasteiger partial charge in [-0.25, -0.2) is 4.79 Å². The standard InChI is InChI=1S/C22H28N2O7S.CH4O/c1-29-19-14-17(21(25)24-10-6-7-11-24)18(15-20(19)30-2)23-22(26)31-12-13-32(27,28)16-8-4-3-5-9-16;1-2/h3-5,8-9,14-15,27-28H,6-7,10-13H2,1-2H3,(H,23,26);2H,1H3. The third kappa shape index (κ3) is 7.00. The fraction of sp³-hybridized carbons (Fsp3) is 0.391. The first-order valence-electron chi connectivity index (χ1n) is 10.6. The van der Waals surface area contributed by atoms with Gasteiger partial charge in [0.05, 0.1) is 36.1 Å². The zero-order valence-electron chi connectivity index (χ0n) is 19.5. The van der Waals surface area contributed by atoms with Crippen molar-refractivity contribution in [3.8, 4) is 11.5 Å². The van der Waals surface area contributed by atoms with Crippen LogP contribution in [0.5, 0.6) is 11.5 Å². The Morgan fingerprint density at radius 1 is 1.00 bits per heavy atom. The van der Waals surface area contributed by atoms with Gasteiger partial charge in [0.25, 0.3) is 5.91 Å².